The van der Waals surface area contributed by atoms with Crippen molar-refractivity contribution in [3.8, 4) is 11.5 Å². The lowest BCUT2D eigenvalue weighted by Crippen LogP contribution is -2.23. The molecular formula is C23H22NO3S. The van der Waals surface area contributed by atoms with Gasteiger partial charge in [-0.05, 0) is 42.0 Å². The zero-order valence-electron chi connectivity index (χ0n) is 15.9. The van der Waals surface area contributed by atoms with Gasteiger partial charge in [-0.3, -0.25) is 4.79 Å². The van der Waals surface area contributed by atoms with E-state index < -0.39 is 0 Å². The molecule has 4 nitrogen and oxygen atoms in total. The van der Waals surface area contributed by atoms with Crippen LogP contribution in [0.4, 0.5) is 0 Å². The molecule has 0 aliphatic heterocycles. The largest absolute Gasteiger partial charge is 0.497 e. The van der Waals surface area contributed by atoms with Crippen LogP contribution in [0.5, 0.6) is 11.5 Å². The van der Waals surface area contributed by atoms with E-state index in [1.165, 1.54) is 0 Å². The summed E-state index contributed by atoms with van der Waals surface area (Å²) >= 11 is 1.70. The maximum Gasteiger partial charge on any atom is 0.251 e. The van der Waals surface area contributed by atoms with Crippen LogP contribution in [0.15, 0.2) is 71.6 Å². The molecule has 1 amide bonds. The number of rotatable bonds is 8. The monoisotopic (exact) mass is 392 g/mol. The summed E-state index contributed by atoms with van der Waals surface area (Å²) in [7, 11) is 3.21. The van der Waals surface area contributed by atoms with Gasteiger partial charge in [-0.2, -0.15) is 0 Å². The van der Waals surface area contributed by atoms with E-state index in [0.717, 1.165) is 21.8 Å². The molecule has 0 saturated heterocycles. The van der Waals surface area contributed by atoms with Crippen LogP contribution >= 0.6 is 11.8 Å². The number of carbonyl (C=O) groups excluding carboxylic acids is 1. The van der Waals surface area contributed by atoms with Crippen LogP contribution in [0, 0.1) is 6.07 Å². The minimum atomic E-state index is -0.115. The van der Waals surface area contributed by atoms with E-state index in [1.807, 2.05) is 60.7 Å². The zero-order valence-corrected chi connectivity index (χ0v) is 16.7. The predicted octanol–water partition coefficient (Wildman–Crippen LogP) is 4.73. The van der Waals surface area contributed by atoms with Crippen molar-refractivity contribution in [2.75, 3.05) is 14.2 Å². The fourth-order valence-electron chi connectivity index (χ4n) is 2.71. The van der Waals surface area contributed by atoms with Crippen LogP contribution in [0.2, 0.25) is 0 Å². The molecule has 0 spiro atoms. The van der Waals surface area contributed by atoms with Crippen molar-refractivity contribution in [3.05, 3.63) is 89.5 Å². The van der Waals surface area contributed by atoms with Gasteiger partial charge in [0.05, 0.1) is 14.2 Å². The third-order valence-electron chi connectivity index (χ3n) is 4.20. The third-order valence-corrected chi connectivity index (χ3v) is 5.24. The van der Waals surface area contributed by atoms with Crippen molar-refractivity contribution in [3.63, 3.8) is 0 Å². The first-order valence-electron chi connectivity index (χ1n) is 8.87. The highest BCUT2D eigenvalue weighted by Crippen LogP contribution is 2.25. The van der Waals surface area contributed by atoms with Crippen LogP contribution in [0.25, 0.3) is 0 Å². The molecular weight excluding hydrogens is 370 g/mol. The molecule has 143 valence electrons. The van der Waals surface area contributed by atoms with E-state index in [0.29, 0.717) is 23.6 Å². The molecule has 5 heteroatoms. The molecule has 0 heterocycles. The lowest BCUT2D eigenvalue weighted by atomic mass is 10.1. The van der Waals surface area contributed by atoms with Crippen molar-refractivity contribution in [2.24, 2.45) is 0 Å². The number of ether oxygens (including phenoxy) is 2. The SMILES string of the molecule is COc1ccc(CNC(=O)c2cccc(CSc3[c]cccc3)c2)c(OC)c1. The maximum atomic E-state index is 12.6. The van der Waals surface area contributed by atoms with Crippen LogP contribution < -0.4 is 14.8 Å². The first-order valence-corrected chi connectivity index (χ1v) is 9.85. The van der Waals surface area contributed by atoms with Crippen molar-refractivity contribution in [1.82, 2.24) is 5.32 Å². The van der Waals surface area contributed by atoms with Crippen LogP contribution in [0.1, 0.15) is 21.5 Å². The predicted molar refractivity (Wildman–Crippen MR) is 112 cm³/mol. The van der Waals surface area contributed by atoms with Gasteiger partial charge in [0, 0.05) is 34.4 Å². The van der Waals surface area contributed by atoms with E-state index in [4.69, 9.17) is 9.47 Å². The average molecular weight is 393 g/mol. The van der Waals surface area contributed by atoms with E-state index in [1.54, 1.807) is 32.0 Å². The Balaban J connectivity index is 1.62. The Labute approximate surface area is 169 Å². The van der Waals surface area contributed by atoms with Gasteiger partial charge in [-0.25, -0.2) is 0 Å². The van der Waals surface area contributed by atoms with Gasteiger partial charge in [0.2, 0.25) is 0 Å². The molecule has 3 aromatic rings. The molecule has 0 fully saturated rings. The highest BCUT2D eigenvalue weighted by atomic mass is 32.2. The smallest absolute Gasteiger partial charge is 0.251 e. The van der Waals surface area contributed by atoms with Crippen LogP contribution in [0.3, 0.4) is 0 Å². The lowest BCUT2D eigenvalue weighted by Gasteiger charge is -2.12. The zero-order chi connectivity index (χ0) is 19.8. The van der Waals surface area contributed by atoms with Gasteiger partial charge in [0.15, 0.2) is 0 Å². The van der Waals surface area contributed by atoms with Gasteiger partial charge in [0.1, 0.15) is 11.5 Å². The summed E-state index contributed by atoms with van der Waals surface area (Å²) < 4.78 is 10.6. The molecule has 0 unspecified atom stereocenters. The number of thioether (sulfide) groups is 1. The summed E-state index contributed by atoms with van der Waals surface area (Å²) in [6.45, 7) is 0.379. The highest BCUT2D eigenvalue weighted by molar-refractivity contribution is 7.98. The quantitative estimate of drug-likeness (QED) is 0.563. The van der Waals surface area contributed by atoms with E-state index in [-0.39, 0.29) is 5.91 Å². The van der Waals surface area contributed by atoms with E-state index >= 15 is 0 Å². The van der Waals surface area contributed by atoms with Crippen LogP contribution in [-0.2, 0) is 12.3 Å². The summed E-state index contributed by atoms with van der Waals surface area (Å²) in [5, 5.41) is 2.96. The standard InChI is InChI=1S/C23H22NO3S/c1-26-20-12-11-19(22(14-20)27-2)15-24-23(25)18-8-6-7-17(13-18)16-28-21-9-4-3-5-10-21/h3-9,11-14H,15-16H2,1-2H3,(H,24,25). The molecule has 0 bridgehead atoms. The second-order valence-electron chi connectivity index (χ2n) is 6.08. The Morgan fingerprint density at radius 2 is 1.93 bits per heavy atom. The second-order valence-corrected chi connectivity index (χ2v) is 7.09. The van der Waals surface area contributed by atoms with Crippen LogP contribution in [-0.4, -0.2) is 20.1 Å². The van der Waals surface area contributed by atoms with Crippen molar-refractivity contribution < 1.29 is 14.3 Å². The van der Waals surface area contributed by atoms with Gasteiger partial charge in [0.25, 0.3) is 5.91 Å². The normalized spacial score (nSPS) is 10.4. The molecule has 0 aliphatic carbocycles. The Morgan fingerprint density at radius 1 is 1.04 bits per heavy atom. The molecule has 1 N–H and O–H groups in total. The summed E-state index contributed by atoms with van der Waals surface area (Å²) in [4.78, 5) is 13.7. The Kier molecular flexibility index (Phi) is 6.98. The number of benzene rings is 3. The van der Waals surface area contributed by atoms with Crippen molar-refractivity contribution in [1.29, 1.82) is 0 Å². The molecule has 28 heavy (non-hydrogen) atoms. The average Bonchev–Trinajstić information content (AvgIpc) is 2.76. The van der Waals surface area contributed by atoms with Gasteiger partial charge in [-0.1, -0.05) is 30.3 Å². The fraction of sp³-hybridized carbons (Fsp3) is 0.174. The Hall–Kier alpha value is -2.92. The molecule has 0 atom stereocenters. The first kappa shape index (κ1) is 19.8. The minimum Gasteiger partial charge on any atom is -0.497 e. The molecule has 3 aromatic carbocycles. The molecule has 0 aliphatic rings. The number of hydrogen-bond acceptors (Lipinski definition) is 4. The molecule has 0 saturated carbocycles. The summed E-state index contributed by atoms with van der Waals surface area (Å²) in [6.07, 6.45) is 0. The number of carbonyl (C=O) groups is 1. The van der Waals surface area contributed by atoms with E-state index in [9.17, 15) is 4.79 Å². The number of hydrogen-bond donors (Lipinski definition) is 1. The maximum absolute atomic E-state index is 12.6. The summed E-state index contributed by atoms with van der Waals surface area (Å²) in [6, 6.07) is 24.3. The number of nitrogens with one attached hydrogen (secondary N) is 1. The Morgan fingerprint density at radius 3 is 2.68 bits per heavy atom. The third kappa shape index (κ3) is 5.30. The van der Waals surface area contributed by atoms with Gasteiger partial charge >= 0.3 is 0 Å². The van der Waals surface area contributed by atoms with Gasteiger partial charge < -0.3 is 14.8 Å². The van der Waals surface area contributed by atoms with Crippen molar-refractivity contribution >= 4 is 17.7 Å². The molecule has 0 aromatic heterocycles. The number of amides is 1. The minimum absolute atomic E-state index is 0.115. The molecule has 1 radical (unpaired) electrons. The van der Waals surface area contributed by atoms with Gasteiger partial charge in [-0.15, -0.1) is 11.8 Å². The highest BCUT2D eigenvalue weighted by Gasteiger charge is 2.10. The lowest BCUT2D eigenvalue weighted by molar-refractivity contribution is 0.0950. The van der Waals surface area contributed by atoms with Crippen molar-refractivity contribution in [2.45, 2.75) is 17.2 Å². The number of methoxy groups -OCH3 is 2. The second kappa shape index (κ2) is 9.85. The molecule has 3 rings (SSSR count). The summed E-state index contributed by atoms with van der Waals surface area (Å²) in [5.41, 5.74) is 2.63. The summed E-state index contributed by atoms with van der Waals surface area (Å²) in [5.74, 6) is 2.07. The van der Waals surface area contributed by atoms with E-state index in [2.05, 4.69) is 11.4 Å². The Bertz CT molecular complexity index is 928. The fourth-order valence-corrected chi connectivity index (χ4v) is 3.53. The topological polar surface area (TPSA) is 47.6 Å². The first-order chi connectivity index (χ1) is 13.7.